The van der Waals surface area contributed by atoms with Gasteiger partial charge in [-0.1, -0.05) is 30.3 Å². The van der Waals surface area contributed by atoms with Gasteiger partial charge in [-0.05, 0) is 29.3 Å². The molecule has 1 aromatic heterocycles. The predicted molar refractivity (Wildman–Crippen MR) is 96.8 cm³/mol. The first-order valence-corrected chi connectivity index (χ1v) is 8.29. The van der Waals surface area contributed by atoms with Crippen LogP contribution in [0.4, 0.5) is 18.9 Å². The summed E-state index contributed by atoms with van der Waals surface area (Å²) in [6.45, 7) is 0.229. The molecule has 0 aliphatic carbocycles. The normalized spacial score (nSPS) is 14.0. The maximum absolute atomic E-state index is 13.6. The first kappa shape index (κ1) is 17.2. The van der Waals surface area contributed by atoms with E-state index in [1.54, 1.807) is 42.5 Å². The average molecular weight is 369 g/mol. The van der Waals surface area contributed by atoms with Gasteiger partial charge in [-0.2, -0.15) is 13.2 Å². The smallest absolute Gasteiger partial charge is 0.321 e. The van der Waals surface area contributed by atoms with E-state index in [0.29, 0.717) is 27.7 Å². The number of fused-ring (bicyclic) bond motifs is 2. The number of hydrogen-bond acceptors (Lipinski definition) is 3. The summed E-state index contributed by atoms with van der Waals surface area (Å²) in [6, 6.07) is 13.4. The van der Waals surface area contributed by atoms with Crippen LogP contribution in [-0.2, 0) is 23.9 Å². The molecule has 4 rings (SSSR count). The van der Waals surface area contributed by atoms with Gasteiger partial charge in [0.15, 0.2) is 0 Å². The summed E-state index contributed by atoms with van der Waals surface area (Å²) in [6.07, 6.45) is -3.33. The van der Waals surface area contributed by atoms with Crippen LogP contribution < -0.4 is 5.32 Å². The van der Waals surface area contributed by atoms with Crippen LogP contribution in [0.25, 0.3) is 10.9 Å². The summed E-state index contributed by atoms with van der Waals surface area (Å²) in [5.74, 6) is -0.353. The highest BCUT2D eigenvalue weighted by molar-refractivity contribution is 6.32. The first-order chi connectivity index (χ1) is 12.9. The Morgan fingerprint density at radius 1 is 1.04 bits per heavy atom. The van der Waals surface area contributed by atoms with Gasteiger partial charge in [-0.3, -0.25) is 9.79 Å². The second-order valence-electron chi connectivity index (χ2n) is 6.27. The van der Waals surface area contributed by atoms with Crippen LogP contribution in [0.15, 0.2) is 53.5 Å². The van der Waals surface area contributed by atoms with Crippen molar-refractivity contribution in [3.05, 3.63) is 70.9 Å². The Morgan fingerprint density at radius 3 is 2.67 bits per heavy atom. The third-order valence-corrected chi connectivity index (χ3v) is 4.44. The number of rotatable bonds is 2. The zero-order valence-corrected chi connectivity index (χ0v) is 14.0. The lowest BCUT2D eigenvalue weighted by atomic mass is 9.96. The van der Waals surface area contributed by atoms with Gasteiger partial charge in [0.25, 0.3) is 5.91 Å². The lowest BCUT2D eigenvalue weighted by molar-refractivity contribution is -0.141. The van der Waals surface area contributed by atoms with Gasteiger partial charge in [0.05, 0.1) is 18.3 Å². The van der Waals surface area contributed by atoms with Crippen LogP contribution in [0, 0.1) is 0 Å². The highest BCUT2D eigenvalue weighted by Gasteiger charge is 2.35. The lowest BCUT2D eigenvalue weighted by Crippen LogP contribution is -2.14. The average Bonchev–Trinajstić information content (AvgIpc) is 2.81. The summed E-state index contributed by atoms with van der Waals surface area (Å²) < 4.78 is 40.8. The van der Waals surface area contributed by atoms with Crippen molar-refractivity contribution >= 4 is 28.7 Å². The summed E-state index contributed by atoms with van der Waals surface area (Å²) >= 11 is 0. The molecule has 3 aromatic rings. The predicted octanol–water partition coefficient (Wildman–Crippen LogP) is 4.37. The summed E-state index contributed by atoms with van der Waals surface area (Å²) in [5.41, 5.74) is 1.46. The molecule has 7 heteroatoms. The maximum atomic E-state index is 13.6. The van der Waals surface area contributed by atoms with E-state index in [1.165, 1.54) is 12.3 Å². The molecule has 0 saturated carbocycles. The molecule has 27 heavy (non-hydrogen) atoms. The highest BCUT2D eigenvalue weighted by Crippen LogP contribution is 2.34. The van der Waals surface area contributed by atoms with Gasteiger partial charge >= 0.3 is 6.18 Å². The van der Waals surface area contributed by atoms with Crippen LogP contribution in [0.3, 0.4) is 0 Å². The molecule has 2 heterocycles. The quantitative estimate of drug-likeness (QED) is 0.729. The Balaban J connectivity index is 1.83. The Bertz CT molecular complexity index is 1070. The number of benzene rings is 2. The van der Waals surface area contributed by atoms with Crippen molar-refractivity contribution in [2.75, 3.05) is 5.32 Å². The number of nitrogens with one attached hydrogen (secondary N) is 1. The number of carbonyl (C=O) groups excluding carboxylic acids is 1. The number of hydrogen-bond donors (Lipinski definition) is 1. The fourth-order valence-electron chi connectivity index (χ4n) is 3.23. The summed E-state index contributed by atoms with van der Waals surface area (Å²) in [5, 5.41) is 3.34. The number of nitrogens with zero attached hydrogens (tertiary/aromatic N) is 2. The van der Waals surface area contributed by atoms with Crippen molar-refractivity contribution in [1.29, 1.82) is 0 Å². The molecule has 0 unspecified atom stereocenters. The van der Waals surface area contributed by atoms with E-state index in [1.807, 2.05) is 0 Å². The van der Waals surface area contributed by atoms with Gasteiger partial charge < -0.3 is 5.32 Å². The Hall–Kier alpha value is -3.22. The second-order valence-corrected chi connectivity index (χ2v) is 6.27. The Labute approximate surface area is 152 Å². The molecule has 1 aliphatic rings. The molecular formula is C20H14F3N3O. The van der Waals surface area contributed by atoms with Gasteiger partial charge in [-0.25, -0.2) is 4.98 Å². The van der Waals surface area contributed by atoms with Gasteiger partial charge in [-0.15, -0.1) is 0 Å². The minimum Gasteiger partial charge on any atom is -0.321 e. The number of anilines is 1. The standard InChI is InChI=1S/C20H14F3N3O/c21-20(22,23)19-14(9-13-4-1-2-6-16(13)26-19)8-12-5-3-7-17-15(12)10-24-11-18(27)25-17/h1-7,9,11H,8,10H2,(H,25,27). The molecule has 0 saturated heterocycles. The van der Waals surface area contributed by atoms with E-state index < -0.39 is 11.9 Å². The minimum atomic E-state index is -4.56. The molecule has 0 atom stereocenters. The number of amides is 1. The van der Waals surface area contributed by atoms with Crippen molar-refractivity contribution in [3.8, 4) is 0 Å². The fraction of sp³-hybridized carbons (Fsp3) is 0.150. The third-order valence-electron chi connectivity index (χ3n) is 4.44. The molecule has 0 fully saturated rings. The highest BCUT2D eigenvalue weighted by atomic mass is 19.4. The van der Waals surface area contributed by atoms with Gasteiger partial charge in [0.1, 0.15) is 5.69 Å². The molecule has 1 aliphatic heterocycles. The number of aromatic nitrogens is 1. The van der Waals surface area contributed by atoms with Crippen LogP contribution in [0.1, 0.15) is 22.4 Å². The van der Waals surface area contributed by atoms with Crippen LogP contribution in [-0.4, -0.2) is 17.1 Å². The van der Waals surface area contributed by atoms with Crippen LogP contribution in [0.2, 0.25) is 0 Å². The van der Waals surface area contributed by atoms with E-state index in [0.717, 1.165) is 0 Å². The number of pyridine rings is 1. The second kappa shape index (κ2) is 6.50. The molecule has 4 nitrogen and oxygen atoms in total. The summed E-state index contributed by atoms with van der Waals surface area (Å²) in [7, 11) is 0. The molecule has 0 spiro atoms. The third kappa shape index (κ3) is 3.40. The van der Waals surface area contributed by atoms with E-state index in [4.69, 9.17) is 0 Å². The van der Waals surface area contributed by atoms with Crippen LogP contribution >= 0.6 is 0 Å². The number of halogens is 3. The van der Waals surface area contributed by atoms with Crippen molar-refractivity contribution in [3.63, 3.8) is 0 Å². The number of aliphatic imine (C=N–C) groups is 1. The van der Waals surface area contributed by atoms with Crippen molar-refractivity contribution in [2.24, 2.45) is 4.99 Å². The maximum Gasteiger partial charge on any atom is 0.433 e. The zero-order valence-electron chi connectivity index (χ0n) is 14.0. The molecule has 1 N–H and O–H groups in total. The van der Waals surface area contributed by atoms with Crippen molar-refractivity contribution in [1.82, 2.24) is 4.98 Å². The topological polar surface area (TPSA) is 54.4 Å². The molecule has 0 bridgehead atoms. The molecular weight excluding hydrogens is 355 g/mol. The van der Waals surface area contributed by atoms with Crippen molar-refractivity contribution < 1.29 is 18.0 Å². The number of para-hydroxylation sites is 1. The number of alkyl halides is 3. The van der Waals surface area contributed by atoms with Crippen LogP contribution in [0.5, 0.6) is 0 Å². The molecule has 2 aromatic carbocycles. The van der Waals surface area contributed by atoms with Gasteiger partial charge in [0, 0.05) is 23.1 Å². The lowest BCUT2D eigenvalue weighted by Gasteiger charge is -2.16. The van der Waals surface area contributed by atoms with E-state index in [-0.39, 0.29) is 24.4 Å². The van der Waals surface area contributed by atoms with E-state index >= 15 is 0 Å². The molecule has 136 valence electrons. The van der Waals surface area contributed by atoms with E-state index in [9.17, 15) is 18.0 Å². The Kier molecular flexibility index (Phi) is 4.14. The zero-order chi connectivity index (χ0) is 19.0. The van der Waals surface area contributed by atoms with E-state index in [2.05, 4.69) is 15.3 Å². The molecule has 0 radical (unpaired) electrons. The van der Waals surface area contributed by atoms with Gasteiger partial charge in [0.2, 0.25) is 0 Å². The van der Waals surface area contributed by atoms with Crippen molar-refractivity contribution in [2.45, 2.75) is 19.1 Å². The SMILES string of the molecule is O=C1C=NCc2c(Cc3cc4ccccc4nc3C(F)(F)F)cccc2N1. The summed E-state index contributed by atoms with van der Waals surface area (Å²) in [4.78, 5) is 19.5. The fourth-order valence-corrected chi connectivity index (χ4v) is 3.23. The minimum absolute atomic E-state index is 0.0429. The molecule has 1 amide bonds. The Morgan fingerprint density at radius 2 is 1.85 bits per heavy atom. The number of carbonyl (C=O) groups is 1. The monoisotopic (exact) mass is 369 g/mol. The first-order valence-electron chi connectivity index (χ1n) is 8.29. The largest absolute Gasteiger partial charge is 0.433 e.